The number of fused-ring (bicyclic) bond motifs is 5. The van der Waals surface area contributed by atoms with Crippen molar-refractivity contribution >= 4 is 19.4 Å². The first kappa shape index (κ1) is 32.1. The molecule has 12 heteroatoms. The molecule has 7 atom stereocenters. The van der Waals surface area contributed by atoms with Gasteiger partial charge < -0.3 is 34.6 Å². The minimum absolute atomic E-state index is 0. The number of Topliss-reactive ketones (excluding diaryl/α,β-unsaturated/α-hetero) is 1. The van der Waals surface area contributed by atoms with E-state index in [1.807, 2.05) is 6.92 Å². The van der Waals surface area contributed by atoms with E-state index in [1.54, 1.807) is 6.08 Å². The van der Waals surface area contributed by atoms with E-state index in [1.165, 1.54) is 5.57 Å². The number of carbonyl (C=O) groups excluding carboxylic acids is 2. The van der Waals surface area contributed by atoms with E-state index >= 15 is 0 Å². The van der Waals surface area contributed by atoms with Crippen LogP contribution in [0.5, 0.6) is 0 Å². The third kappa shape index (κ3) is 5.82. The molecular weight excluding hydrogens is 473 g/mol. The van der Waals surface area contributed by atoms with Crippen molar-refractivity contribution in [1.82, 2.24) is 0 Å². The first-order chi connectivity index (χ1) is 14.2. The zero-order chi connectivity index (χ0) is 23.4. The number of allylic oxidation sites excluding steroid dienone is 1. The molecule has 3 fully saturated rings. The van der Waals surface area contributed by atoms with E-state index in [9.17, 15) is 24.9 Å². The third-order valence-electron chi connectivity index (χ3n) is 8.65. The quantitative estimate of drug-likeness (QED) is 0.210. The maximum absolute atomic E-state index is 12.4. The van der Waals surface area contributed by atoms with Crippen LogP contribution in [0.15, 0.2) is 11.6 Å². The maximum Gasteiger partial charge on any atom is 1.00 e. The van der Waals surface area contributed by atoms with Gasteiger partial charge in [-0.05, 0) is 67.8 Å². The van der Waals surface area contributed by atoms with Crippen LogP contribution >= 0.6 is 7.82 Å². The Hall–Kier alpha value is 1.07. The molecule has 0 spiro atoms. The molecule has 0 amide bonds. The second-order valence-electron chi connectivity index (χ2n) is 10.0. The van der Waals surface area contributed by atoms with Crippen LogP contribution in [0.25, 0.3) is 0 Å². The first-order valence-corrected chi connectivity index (χ1v) is 12.2. The van der Waals surface area contributed by atoms with Crippen molar-refractivity contribution in [1.29, 1.82) is 0 Å². The standard InChI is InChI=1S/C21H30O5.2Na.H3O4P/c1-19-7-5-13(23)9-12(19)3-4-14-15-6-8-21(26,17(25)11-22)20(15,2)10-16(24)18(14)19;;;1-5(2,3)4/h9,14-16,18,22,24,26H,3-8,10-11H2,1-2H3;;;(H3,1,2,3,4)/q;2*+1;/p-2/t14-,15-,16-,18+,19-,20-,21-;;;/m0.../s1. The number of rotatable bonds is 2. The van der Waals surface area contributed by atoms with Gasteiger partial charge in [0.15, 0.2) is 11.6 Å². The van der Waals surface area contributed by atoms with Crippen molar-refractivity contribution in [2.24, 2.45) is 28.6 Å². The molecular formula is C21H31Na2O9P. The predicted octanol–water partition coefficient (Wildman–Crippen LogP) is -6.40. The number of ketones is 2. The number of phosphoric acid groups is 1. The van der Waals surface area contributed by atoms with Crippen LogP contribution in [-0.4, -0.2) is 50.1 Å². The van der Waals surface area contributed by atoms with Crippen LogP contribution in [0.4, 0.5) is 0 Å². The van der Waals surface area contributed by atoms with Crippen LogP contribution in [0, 0.1) is 28.6 Å². The average Bonchev–Trinajstić information content (AvgIpc) is 2.91. The van der Waals surface area contributed by atoms with Crippen molar-refractivity contribution in [3.05, 3.63) is 11.6 Å². The molecule has 0 bridgehead atoms. The fourth-order valence-electron chi connectivity index (χ4n) is 7.28. The molecule has 0 saturated heterocycles. The minimum atomic E-state index is -5.14. The maximum atomic E-state index is 12.4. The fraction of sp³-hybridized carbons (Fsp3) is 0.810. The Labute approximate surface area is 238 Å². The number of carbonyl (C=O) groups is 2. The van der Waals surface area contributed by atoms with Gasteiger partial charge in [-0.15, -0.1) is 0 Å². The Morgan fingerprint density at radius 1 is 1.18 bits per heavy atom. The van der Waals surface area contributed by atoms with Gasteiger partial charge in [-0.25, -0.2) is 0 Å². The Bertz CT molecular complexity index is 837. The van der Waals surface area contributed by atoms with Crippen molar-refractivity contribution in [3.63, 3.8) is 0 Å². The van der Waals surface area contributed by atoms with Gasteiger partial charge in [0, 0.05) is 11.8 Å². The second-order valence-corrected chi connectivity index (χ2v) is 11.0. The van der Waals surface area contributed by atoms with Crippen molar-refractivity contribution in [2.75, 3.05) is 6.61 Å². The van der Waals surface area contributed by atoms with E-state index in [2.05, 4.69) is 6.92 Å². The van der Waals surface area contributed by atoms with Crippen molar-refractivity contribution < 1.29 is 103 Å². The minimum Gasteiger partial charge on any atom is -0.790 e. The summed E-state index contributed by atoms with van der Waals surface area (Å²) in [5.74, 6) is 0.140. The number of aliphatic hydroxyl groups excluding tert-OH is 2. The summed E-state index contributed by atoms with van der Waals surface area (Å²) in [7, 11) is -5.14. The van der Waals surface area contributed by atoms with Gasteiger partial charge in [0.1, 0.15) is 12.2 Å². The number of aliphatic hydroxyl groups is 3. The molecule has 9 nitrogen and oxygen atoms in total. The van der Waals surface area contributed by atoms with Crippen LogP contribution in [0.3, 0.4) is 0 Å². The number of hydrogen-bond donors (Lipinski definition) is 4. The molecule has 0 aliphatic heterocycles. The summed E-state index contributed by atoms with van der Waals surface area (Å²) in [4.78, 5) is 48.5. The average molecular weight is 504 g/mol. The molecule has 4 aliphatic carbocycles. The molecule has 176 valence electrons. The van der Waals surface area contributed by atoms with E-state index in [4.69, 9.17) is 19.2 Å². The molecule has 3 saturated carbocycles. The molecule has 0 heterocycles. The molecule has 4 N–H and O–H groups in total. The largest absolute Gasteiger partial charge is 1.00 e. The Morgan fingerprint density at radius 3 is 2.30 bits per heavy atom. The molecule has 33 heavy (non-hydrogen) atoms. The van der Waals surface area contributed by atoms with E-state index in [0.717, 1.165) is 25.7 Å². The Kier molecular flexibility index (Phi) is 10.9. The molecule has 4 aliphatic rings. The first-order valence-electron chi connectivity index (χ1n) is 10.7. The summed E-state index contributed by atoms with van der Waals surface area (Å²) in [6.07, 6.45) is 5.74. The normalized spacial score (nSPS) is 41.6. The monoisotopic (exact) mass is 504 g/mol. The summed E-state index contributed by atoms with van der Waals surface area (Å²) >= 11 is 0. The van der Waals surface area contributed by atoms with Crippen LogP contribution in [0.2, 0.25) is 0 Å². The predicted molar refractivity (Wildman–Crippen MR) is 105 cm³/mol. The summed E-state index contributed by atoms with van der Waals surface area (Å²) in [6, 6.07) is 0. The molecule has 0 aromatic carbocycles. The topological polar surface area (TPSA) is 178 Å². The number of hydrogen-bond acceptors (Lipinski definition) is 8. The van der Waals surface area contributed by atoms with Crippen LogP contribution < -0.4 is 68.9 Å². The van der Waals surface area contributed by atoms with Crippen LogP contribution in [-0.2, 0) is 14.2 Å². The van der Waals surface area contributed by atoms with Gasteiger partial charge in [0.2, 0.25) is 0 Å². The third-order valence-corrected chi connectivity index (χ3v) is 8.65. The van der Waals surface area contributed by atoms with E-state index in [-0.39, 0.29) is 88.1 Å². The summed E-state index contributed by atoms with van der Waals surface area (Å²) in [5, 5.41) is 31.7. The van der Waals surface area contributed by atoms with Crippen LogP contribution in [0.1, 0.15) is 58.8 Å². The van der Waals surface area contributed by atoms with E-state index in [0.29, 0.717) is 19.3 Å². The summed E-state index contributed by atoms with van der Waals surface area (Å²) in [5.41, 5.74) is -1.23. The Morgan fingerprint density at radius 2 is 1.76 bits per heavy atom. The molecule has 0 aromatic heterocycles. The fourth-order valence-corrected chi connectivity index (χ4v) is 7.28. The molecule has 4 rings (SSSR count). The van der Waals surface area contributed by atoms with Gasteiger partial charge in [-0.1, -0.05) is 19.4 Å². The smallest absolute Gasteiger partial charge is 0.790 e. The summed E-state index contributed by atoms with van der Waals surface area (Å²) in [6.45, 7) is 3.46. The summed E-state index contributed by atoms with van der Waals surface area (Å²) < 4.78 is 8.66. The van der Waals surface area contributed by atoms with E-state index < -0.39 is 37.3 Å². The molecule has 0 radical (unpaired) electrons. The van der Waals surface area contributed by atoms with Gasteiger partial charge in [0.05, 0.1) is 13.9 Å². The zero-order valence-corrected chi connectivity index (χ0v) is 24.7. The Balaban J connectivity index is 0.000000707. The van der Waals surface area contributed by atoms with Crippen molar-refractivity contribution in [2.45, 2.75) is 70.5 Å². The van der Waals surface area contributed by atoms with Gasteiger partial charge in [0.25, 0.3) is 0 Å². The van der Waals surface area contributed by atoms with Gasteiger partial charge in [-0.2, -0.15) is 0 Å². The van der Waals surface area contributed by atoms with Crippen molar-refractivity contribution in [3.8, 4) is 0 Å². The second kappa shape index (κ2) is 11.2. The molecule has 0 unspecified atom stereocenters. The zero-order valence-electron chi connectivity index (χ0n) is 19.8. The van der Waals surface area contributed by atoms with Gasteiger partial charge >= 0.3 is 59.1 Å². The SMILES string of the molecule is C[C@]12CCC(=O)C=C1CC[C@@H]1[C@@H]2[C@@H](O)C[C@@]2(C)[C@H]1CC[C@]2(O)C(=O)CO.O=P([O-])([O-])O.[Na+].[Na+]. The van der Waals surface area contributed by atoms with Gasteiger partial charge in [-0.3, -0.25) is 9.59 Å². The molecule has 0 aromatic rings.